The molecule has 2 heterocycles. The van der Waals surface area contributed by atoms with Gasteiger partial charge in [0.05, 0.1) is 5.25 Å². The number of hydrogen-bond donors (Lipinski definition) is 1. The third-order valence-corrected chi connectivity index (χ3v) is 3.14. The Morgan fingerprint density at radius 1 is 1.50 bits per heavy atom. The first-order valence-corrected chi connectivity index (χ1v) is 5.74. The van der Waals surface area contributed by atoms with Crippen molar-refractivity contribution in [2.75, 3.05) is 6.54 Å². The molecule has 6 heteroatoms. The van der Waals surface area contributed by atoms with Crippen molar-refractivity contribution in [3.05, 3.63) is 36.0 Å². The maximum Gasteiger partial charge on any atom is 0.277 e. The van der Waals surface area contributed by atoms with Gasteiger partial charge in [-0.25, -0.2) is 0 Å². The van der Waals surface area contributed by atoms with Crippen LogP contribution in [-0.4, -0.2) is 21.7 Å². The van der Waals surface area contributed by atoms with Crippen LogP contribution >= 0.6 is 11.8 Å². The van der Waals surface area contributed by atoms with Crippen LogP contribution in [0, 0.1) is 6.92 Å². The van der Waals surface area contributed by atoms with Crippen molar-refractivity contribution in [3.8, 4) is 0 Å². The highest BCUT2D eigenvalue weighted by Crippen LogP contribution is 2.32. The van der Waals surface area contributed by atoms with Crippen LogP contribution in [0.1, 0.15) is 16.7 Å². The molecule has 0 saturated carbocycles. The van der Waals surface area contributed by atoms with Crippen LogP contribution in [-0.2, 0) is 0 Å². The number of hydrogen-bond acceptors (Lipinski definition) is 6. The first-order valence-electron chi connectivity index (χ1n) is 4.86. The molecule has 2 N–H and O–H groups in total. The Labute approximate surface area is 97.5 Å². The zero-order valence-corrected chi connectivity index (χ0v) is 9.65. The molecule has 5 nitrogen and oxygen atoms in total. The van der Waals surface area contributed by atoms with Gasteiger partial charge in [0, 0.05) is 25.9 Å². The first-order chi connectivity index (χ1) is 7.79. The van der Waals surface area contributed by atoms with E-state index in [1.807, 2.05) is 12.1 Å². The predicted molar refractivity (Wildman–Crippen MR) is 60.9 cm³/mol. The normalized spacial score (nSPS) is 12.6. The molecule has 0 bridgehead atoms. The van der Waals surface area contributed by atoms with E-state index in [0.717, 1.165) is 5.56 Å². The van der Waals surface area contributed by atoms with Crippen LogP contribution in [0.25, 0.3) is 0 Å². The van der Waals surface area contributed by atoms with Gasteiger partial charge in [-0.2, -0.15) is 0 Å². The van der Waals surface area contributed by atoms with Crippen molar-refractivity contribution < 1.29 is 4.42 Å². The number of rotatable bonds is 4. The van der Waals surface area contributed by atoms with Crippen molar-refractivity contribution in [2.24, 2.45) is 5.73 Å². The first kappa shape index (κ1) is 11.1. The molecule has 0 spiro atoms. The second kappa shape index (κ2) is 5.09. The van der Waals surface area contributed by atoms with Gasteiger partial charge in [-0.15, -0.1) is 10.2 Å². The van der Waals surface area contributed by atoms with Crippen molar-refractivity contribution in [1.29, 1.82) is 0 Å². The summed E-state index contributed by atoms with van der Waals surface area (Å²) in [5.41, 5.74) is 6.78. The summed E-state index contributed by atoms with van der Waals surface area (Å²) in [5.74, 6) is 0.560. The number of aryl methyl sites for hydroxylation is 1. The predicted octanol–water partition coefficient (Wildman–Crippen LogP) is 1.57. The summed E-state index contributed by atoms with van der Waals surface area (Å²) in [5, 5.41) is 8.33. The number of nitrogens with two attached hydrogens (primary N) is 1. The lowest BCUT2D eigenvalue weighted by Crippen LogP contribution is -2.09. The number of aromatic nitrogens is 3. The molecule has 2 aromatic heterocycles. The molecule has 0 aliphatic heterocycles. The second-order valence-corrected chi connectivity index (χ2v) is 4.37. The minimum absolute atomic E-state index is 0.0912. The van der Waals surface area contributed by atoms with E-state index < -0.39 is 0 Å². The zero-order chi connectivity index (χ0) is 11.4. The van der Waals surface area contributed by atoms with Gasteiger partial charge in [0.2, 0.25) is 5.89 Å². The van der Waals surface area contributed by atoms with E-state index in [-0.39, 0.29) is 5.25 Å². The minimum atomic E-state index is 0.0912. The third-order valence-electron chi connectivity index (χ3n) is 2.02. The maximum absolute atomic E-state index is 5.72. The lowest BCUT2D eigenvalue weighted by molar-refractivity contribution is 0.428. The summed E-state index contributed by atoms with van der Waals surface area (Å²) < 4.78 is 5.30. The lowest BCUT2D eigenvalue weighted by atomic mass is 10.2. The highest BCUT2D eigenvalue weighted by atomic mass is 32.2. The van der Waals surface area contributed by atoms with Crippen LogP contribution in [0.2, 0.25) is 0 Å². The Hall–Kier alpha value is -1.40. The van der Waals surface area contributed by atoms with E-state index in [0.29, 0.717) is 17.7 Å². The summed E-state index contributed by atoms with van der Waals surface area (Å²) in [7, 11) is 0. The molecule has 0 amide bonds. The molecule has 0 saturated heterocycles. The zero-order valence-electron chi connectivity index (χ0n) is 8.83. The van der Waals surface area contributed by atoms with Crippen molar-refractivity contribution in [3.63, 3.8) is 0 Å². The molecule has 2 rings (SSSR count). The van der Waals surface area contributed by atoms with Gasteiger partial charge < -0.3 is 10.2 Å². The molecule has 1 unspecified atom stereocenters. The summed E-state index contributed by atoms with van der Waals surface area (Å²) in [4.78, 5) is 4.06. The Morgan fingerprint density at radius 3 is 2.94 bits per heavy atom. The summed E-state index contributed by atoms with van der Waals surface area (Å²) >= 11 is 1.46. The Kier molecular flexibility index (Phi) is 3.53. The molecule has 0 aliphatic rings. The lowest BCUT2D eigenvalue weighted by Gasteiger charge is -2.10. The van der Waals surface area contributed by atoms with Crippen molar-refractivity contribution in [1.82, 2.24) is 15.2 Å². The standard InChI is InChI=1S/C10H12N4OS/c1-7-13-14-10(15-7)16-9(5-11)8-3-2-4-12-6-8/h2-4,6,9H,5,11H2,1H3. The van der Waals surface area contributed by atoms with Crippen LogP contribution in [0.4, 0.5) is 0 Å². The van der Waals surface area contributed by atoms with E-state index in [1.165, 1.54) is 11.8 Å². The Balaban J connectivity index is 2.12. The average Bonchev–Trinajstić information content (AvgIpc) is 2.73. The molecule has 0 radical (unpaired) electrons. The molecule has 0 fully saturated rings. The fraction of sp³-hybridized carbons (Fsp3) is 0.300. The SMILES string of the molecule is Cc1nnc(SC(CN)c2cccnc2)o1. The van der Waals surface area contributed by atoms with E-state index in [9.17, 15) is 0 Å². The average molecular weight is 236 g/mol. The van der Waals surface area contributed by atoms with Gasteiger partial charge in [-0.05, 0) is 11.6 Å². The van der Waals surface area contributed by atoms with Crippen LogP contribution in [0.15, 0.2) is 34.2 Å². The monoisotopic (exact) mass is 236 g/mol. The van der Waals surface area contributed by atoms with Crippen molar-refractivity contribution >= 4 is 11.8 Å². The molecule has 1 atom stereocenters. The topological polar surface area (TPSA) is 77.8 Å². The molecular formula is C10H12N4OS. The smallest absolute Gasteiger partial charge is 0.277 e. The van der Waals surface area contributed by atoms with Gasteiger partial charge in [0.15, 0.2) is 0 Å². The molecule has 2 aromatic rings. The quantitative estimate of drug-likeness (QED) is 0.812. The van der Waals surface area contributed by atoms with Gasteiger partial charge in [-0.1, -0.05) is 17.8 Å². The summed E-state index contributed by atoms with van der Waals surface area (Å²) in [6.45, 7) is 2.26. The van der Waals surface area contributed by atoms with Crippen molar-refractivity contribution in [2.45, 2.75) is 17.4 Å². The molecule has 84 valence electrons. The van der Waals surface area contributed by atoms with Gasteiger partial charge in [-0.3, -0.25) is 4.98 Å². The van der Waals surface area contributed by atoms with Gasteiger partial charge >= 0.3 is 0 Å². The number of thioether (sulfide) groups is 1. The number of nitrogens with zero attached hydrogens (tertiary/aromatic N) is 3. The minimum Gasteiger partial charge on any atom is -0.416 e. The van der Waals surface area contributed by atoms with Crippen LogP contribution < -0.4 is 5.73 Å². The molecule has 16 heavy (non-hydrogen) atoms. The van der Waals surface area contributed by atoms with Crippen LogP contribution in [0.5, 0.6) is 0 Å². The Morgan fingerprint density at radius 2 is 2.38 bits per heavy atom. The van der Waals surface area contributed by atoms with Crippen LogP contribution in [0.3, 0.4) is 0 Å². The highest BCUT2D eigenvalue weighted by molar-refractivity contribution is 7.99. The van der Waals surface area contributed by atoms with Gasteiger partial charge in [0.1, 0.15) is 0 Å². The van der Waals surface area contributed by atoms with E-state index >= 15 is 0 Å². The van der Waals surface area contributed by atoms with E-state index in [1.54, 1.807) is 19.3 Å². The second-order valence-electron chi connectivity index (χ2n) is 3.22. The summed E-state index contributed by atoms with van der Waals surface area (Å²) in [6, 6.07) is 3.87. The highest BCUT2D eigenvalue weighted by Gasteiger charge is 2.15. The molecule has 0 aromatic carbocycles. The Bertz CT molecular complexity index is 445. The number of pyridine rings is 1. The summed E-state index contributed by atoms with van der Waals surface area (Å²) in [6.07, 6.45) is 3.53. The fourth-order valence-electron chi connectivity index (χ4n) is 1.27. The molecular weight excluding hydrogens is 224 g/mol. The fourth-order valence-corrected chi connectivity index (χ4v) is 2.14. The maximum atomic E-state index is 5.72. The van der Waals surface area contributed by atoms with Gasteiger partial charge in [0.25, 0.3) is 5.22 Å². The molecule has 0 aliphatic carbocycles. The third kappa shape index (κ3) is 2.59. The largest absolute Gasteiger partial charge is 0.416 e. The van der Waals surface area contributed by atoms with E-state index in [2.05, 4.69) is 15.2 Å². The van der Waals surface area contributed by atoms with E-state index in [4.69, 9.17) is 10.2 Å².